The number of thiazole rings is 1. The van der Waals surface area contributed by atoms with Crippen LogP contribution in [-0.4, -0.2) is 21.8 Å². The van der Waals surface area contributed by atoms with Gasteiger partial charge in [-0.1, -0.05) is 71.5 Å². The van der Waals surface area contributed by atoms with Crippen molar-refractivity contribution < 1.29 is 14.3 Å². The molecule has 2 heterocycles. The maximum atomic E-state index is 13.9. The number of halogens is 2. The van der Waals surface area contributed by atoms with Crippen molar-refractivity contribution in [3.8, 4) is 5.75 Å². The summed E-state index contributed by atoms with van der Waals surface area (Å²) in [5.41, 5.74) is 1.84. The lowest BCUT2D eigenvalue weighted by Gasteiger charge is -2.14. The summed E-state index contributed by atoms with van der Waals surface area (Å²) in [7, 11) is 0. The average molecular weight is 450 g/mol. The lowest BCUT2D eigenvalue weighted by Crippen LogP contribution is -2.32. The molecule has 5 nitrogen and oxygen atoms in total. The van der Waals surface area contributed by atoms with Gasteiger partial charge < -0.3 is 5.11 Å². The zero-order chi connectivity index (χ0) is 21.5. The number of para-hydroxylation sites is 1. The molecule has 3 aromatic carbocycles. The van der Waals surface area contributed by atoms with Gasteiger partial charge in [0.25, 0.3) is 5.91 Å². The summed E-state index contributed by atoms with van der Waals surface area (Å²) in [6.07, 6.45) is 1.53. The molecule has 4 aromatic rings. The largest absolute Gasteiger partial charge is 0.507 e. The highest BCUT2D eigenvalue weighted by Gasteiger charge is 2.34. The van der Waals surface area contributed by atoms with Crippen molar-refractivity contribution in [2.24, 2.45) is 4.99 Å². The molecular formula is C23H13ClFN3O2S. The first-order valence-electron chi connectivity index (χ1n) is 9.25. The van der Waals surface area contributed by atoms with Crippen molar-refractivity contribution in [3.05, 3.63) is 94.4 Å². The van der Waals surface area contributed by atoms with Crippen LogP contribution in [-0.2, 0) is 4.79 Å². The van der Waals surface area contributed by atoms with E-state index in [9.17, 15) is 14.3 Å². The molecule has 0 radical (unpaired) electrons. The number of fused-ring (bicyclic) bond motifs is 1. The molecule has 0 saturated carbocycles. The highest BCUT2D eigenvalue weighted by molar-refractivity contribution is 7.22. The first kappa shape index (κ1) is 19.4. The molecule has 0 atom stereocenters. The summed E-state index contributed by atoms with van der Waals surface area (Å²) in [5.74, 6) is -0.498. The van der Waals surface area contributed by atoms with E-state index in [1.54, 1.807) is 18.2 Å². The van der Waals surface area contributed by atoms with Gasteiger partial charge >= 0.3 is 0 Å². The van der Waals surface area contributed by atoms with Crippen molar-refractivity contribution in [2.75, 3.05) is 4.90 Å². The SMILES string of the molecule is O=C1C(=Cc2ccccc2O)N=C(c2ccccc2)N1c1nc2cc(Cl)c(F)cc2s1. The Morgan fingerprint density at radius 3 is 2.58 bits per heavy atom. The molecule has 152 valence electrons. The summed E-state index contributed by atoms with van der Waals surface area (Å²) < 4.78 is 14.5. The average Bonchev–Trinajstić information content (AvgIpc) is 3.31. The minimum Gasteiger partial charge on any atom is -0.507 e. The van der Waals surface area contributed by atoms with Gasteiger partial charge in [-0.15, -0.1) is 0 Å². The molecule has 31 heavy (non-hydrogen) atoms. The quantitative estimate of drug-likeness (QED) is 0.412. The summed E-state index contributed by atoms with van der Waals surface area (Å²) >= 11 is 7.06. The Kier molecular flexibility index (Phi) is 4.77. The number of carbonyl (C=O) groups excluding carboxylic acids is 1. The number of phenolic OH excluding ortho intramolecular Hbond substituents is 1. The van der Waals surface area contributed by atoms with Crippen molar-refractivity contribution in [1.82, 2.24) is 4.98 Å². The Hall–Kier alpha value is -3.55. The molecule has 1 aromatic heterocycles. The van der Waals surface area contributed by atoms with Gasteiger partial charge in [0.05, 0.1) is 15.2 Å². The van der Waals surface area contributed by atoms with Crippen molar-refractivity contribution in [3.63, 3.8) is 0 Å². The number of amidine groups is 1. The van der Waals surface area contributed by atoms with E-state index in [4.69, 9.17) is 11.6 Å². The van der Waals surface area contributed by atoms with Crippen molar-refractivity contribution in [1.29, 1.82) is 0 Å². The molecule has 0 aliphatic carbocycles. The van der Waals surface area contributed by atoms with Crippen LogP contribution in [0.5, 0.6) is 5.75 Å². The molecular weight excluding hydrogens is 437 g/mol. The van der Waals surface area contributed by atoms with Crippen molar-refractivity contribution in [2.45, 2.75) is 0 Å². The van der Waals surface area contributed by atoms with Crippen LogP contribution in [0, 0.1) is 5.82 Å². The van der Waals surface area contributed by atoms with Gasteiger partial charge in [0.15, 0.2) is 5.13 Å². The maximum absolute atomic E-state index is 13.9. The zero-order valence-corrected chi connectivity index (χ0v) is 17.4. The number of amides is 1. The number of carbonyl (C=O) groups is 1. The number of phenols is 1. The first-order valence-corrected chi connectivity index (χ1v) is 10.4. The third-order valence-electron chi connectivity index (χ3n) is 4.73. The fourth-order valence-electron chi connectivity index (χ4n) is 3.24. The van der Waals surface area contributed by atoms with Crippen LogP contribution in [0.4, 0.5) is 9.52 Å². The minimum absolute atomic E-state index is 0.0332. The molecule has 1 aliphatic heterocycles. The first-order chi connectivity index (χ1) is 15.0. The van der Waals surface area contributed by atoms with E-state index in [1.165, 1.54) is 40.5 Å². The Morgan fingerprint density at radius 1 is 1.06 bits per heavy atom. The van der Waals surface area contributed by atoms with Gasteiger partial charge in [0, 0.05) is 11.1 Å². The molecule has 1 N–H and O–H groups in total. The fraction of sp³-hybridized carbons (Fsp3) is 0. The second-order valence-electron chi connectivity index (χ2n) is 6.76. The third-order valence-corrected chi connectivity index (χ3v) is 6.02. The van der Waals surface area contributed by atoms with Gasteiger partial charge in [0.1, 0.15) is 23.1 Å². The Labute approximate surface area is 185 Å². The molecule has 0 fully saturated rings. The fourth-order valence-corrected chi connectivity index (χ4v) is 4.37. The summed E-state index contributed by atoms with van der Waals surface area (Å²) in [5, 5.41) is 10.4. The molecule has 0 saturated heterocycles. The normalized spacial score (nSPS) is 15.2. The Morgan fingerprint density at radius 2 is 1.81 bits per heavy atom. The number of aromatic hydroxyl groups is 1. The van der Waals surface area contributed by atoms with E-state index in [2.05, 4.69) is 9.98 Å². The number of anilines is 1. The molecule has 8 heteroatoms. The number of nitrogens with zero attached hydrogens (tertiary/aromatic N) is 3. The van der Waals surface area contributed by atoms with Crippen molar-refractivity contribution >= 4 is 56.1 Å². The van der Waals surface area contributed by atoms with Crippen LogP contribution < -0.4 is 4.90 Å². The second kappa shape index (κ2) is 7.61. The number of aliphatic imine (C=N–C) groups is 1. The molecule has 0 spiro atoms. The number of aromatic nitrogens is 1. The molecule has 0 bridgehead atoms. The van der Waals surface area contributed by atoms with Gasteiger partial charge in [-0.3, -0.25) is 4.79 Å². The highest BCUT2D eigenvalue weighted by Crippen LogP contribution is 2.36. The van der Waals surface area contributed by atoms with Crippen LogP contribution in [0.2, 0.25) is 5.02 Å². The monoisotopic (exact) mass is 449 g/mol. The lowest BCUT2D eigenvalue weighted by atomic mass is 10.1. The number of rotatable bonds is 3. The predicted molar refractivity (Wildman–Crippen MR) is 121 cm³/mol. The molecule has 1 amide bonds. The highest BCUT2D eigenvalue weighted by atomic mass is 35.5. The second-order valence-corrected chi connectivity index (χ2v) is 8.18. The van der Waals surface area contributed by atoms with E-state index in [1.807, 2.05) is 30.3 Å². The van der Waals surface area contributed by atoms with Gasteiger partial charge in [-0.2, -0.15) is 0 Å². The topological polar surface area (TPSA) is 65.8 Å². The maximum Gasteiger partial charge on any atom is 0.284 e. The smallest absolute Gasteiger partial charge is 0.284 e. The van der Waals surface area contributed by atoms with Crippen LogP contribution >= 0.6 is 22.9 Å². The Bertz CT molecular complexity index is 1360. The predicted octanol–water partition coefficient (Wildman–Crippen LogP) is 5.63. The van der Waals surface area contributed by atoms with Crippen LogP contribution in [0.3, 0.4) is 0 Å². The van der Waals surface area contributed by atoms with E-state index in [0.29, 0.717) is 26.7 Å². The number of benzene rings is 3. The zero-order valence-electron chi connectivity index (χ0n) is 15.8. The van der Waals surface area contributed by atoms with E-state index < -0.39 is 11.7 Å². The van der Waals surface area contributed by atoms with Gasteiger partial charge in [0.2, 0.25) is 0 Å². The van der Waals surface area contributed by atoms with Crippen LogP contribution in [0.25, 0.3) is 16.3 Å². The lowest BCUT2D eigenvalue weighted by molar-refractivity contribution is -0.113. The summed E-state index contributed by atoms with van der Waals surface area (Å²) in [6.45, 7) is 0. The van der Waals surface area contributed by atoms with E-state index >= 15 is 0 Å². The molecule has 1 aliphatic rings. The standard InChI is InChI=1S/C23H13ClFN3O2S/c24-15-11-17-20(12-16(15)25)31-23(27-17)28-21(13-6-2-1-3-7-13)26-18(22(28)30)10-14-8-4-5-9-19(14)29/h1-12,29H. The van der Waals surface area contributed by atoms with E-state index in [0.717, 1.165) is 5.56 Å². The summed E-state index contributed by atoms with van der Waals surface area (Å²) in [4.78, 5) is 23.8. The third kappa shape index (κ3) is 3.48. The van der Waals surface area contributed by atoms with Gasteiger partial charge in [-0.25, -0.2) is 19.3 Å². The molecule has 0 unspecified atom stereocenters. The Balaban J connectivity index is 1.66. The van der Waals surface area contributed by atoms with Crippen LogP contribution in [0.1, 0.15) is 11.1 Å². The van der Waals surface area contributed by atoms with Crippen LogP contribution in [0.15, 0.2) is 77.4 Å². The number of hydrogen-bond acceptors (Lipinski definition) is 5. The summed E-state index contributed by atoms with van der Waals surface area (Å²) in [6, 6.07) is 18.7. The minimum atomic E-state index is -0.547. The van der Waals surface area contributed by atoms with Gasteiger partial charge in [-0.05, 0) is 24.3 Å². The van der Waals surface area contributed by atoms with E-state index in [-0.39, 0.29) is 16.5 Å². The number of hydrogen-bond donors (Lipinski definition) is 1. The molecule has 5 rings (SSSR count).